The van der Waals surface area contributed by atoms with E-state index in [0.717, 1.165) is 0 Å². The Labute approximate surface area is 103 Å². The number of rotatable bonds is 0. The number of nitrogens with two attached hydrogens (primary N) is 1. The zero-order chi connectivity index (χ0) is 13.5. The van der Waals surface area contributed by atoms with Crippen LogP contribution in [0.2, 0.25) is 0 Å². The van der Waals surface area contributed by atoms with Gasteiger partial charge in [-0.25, -0.2) is 0 Å². The van der Waals surface area contributed by atoms with Gasteiger partial charge in [-0.2, -0.15) is 0 Å². The van der Waals surface area contributed by atoms with Crippen LogP contribution in [0.25, 0.3) is 0 Å². The molecule has 2 N–H and O–H groups in total. The second-order valence-electron chi connectivity index (χ2n) is 2.50. The molecule has 1 aromatic rings. The van der Waals surface area contributed by atoms with Gasteiger partial charge in [-0.3, -0.25) is 9.59 Å². The summed E-state index contributed by atoms with van der Waals surface area (Å²) in [7, 11) is 1.50. The van der Waals surface area contributed by atoms with E-state index in [0.29, 0.717) is 0 Å². The number of cyclic esters (lactones) is 2. The van der Waals surface area contributed by atoms with Gasteiger partial charge in [0.15, 0.2) is 0 Å². The summed E-state index contributed by atoms with van der Waals surface area (Å²) in [5, 5.41) is 0. The van der Waals surface area contributed by atoms with Crippen molar-refractivity contribution in [2.75, 3.05) is 7.05 Å². The molecule has 0 atom stereocenters. The molecule has 0 radical (unpaired) electrons. The predicted molar refractivity (Wildman–Crippen MR) is 68.2 cm³/mol. The Bertz CT molecular complexity index is 245. The Morgan fingerprint density at radius 3 is 1.18 bits per heavy atom. The molecule has 1 aliphatic rings. The first kappa shape index (κ1) is 17.7. The topological polar surface area (TPSA) is 69.4 Å². The number of ether oxygens (including phenoxy) is 1. The van der Waals surface area contributed by atoms with Crippen molar-refractivity contribution in [1.29, 1.82) is 0 Å². The van der Waals surface area contributed by atoms with Crippen molar-refractivity contribution in [3.05, 3.63) is 36.4 Å². The number of esters is 2. The highest BCUT2D eigenvalue weighted by Gasteiger charge is 2.19. The monoisotopic (exact) mass is 239 g/mol. The molecule has 96 valence electrons. The van der Waals surface area contributed by atoms with Crippen molar-refractivity contribution in [1.82, 2.24) is 0 Å². The van der Waals surface area contributed by atoms with E-state index in [9.17, 15) is 9.59 Å². The van der Waals surface area contributed by atoms with Gasteiger partial charge in [-0.05, 0) is 7.05 Å². The predicted octanol–water partition coefficient (Wildman–Crippen LogP) is 2.14. The van der Waals surface area contributed by atoms with Gasteiger partial charge in [0.1, 0.15) is 0 Å². The van der Waals surface area contributed by atoms with Gasteiger partial charge in [0, 0.05) is 0 Å². The smallest absolute Gasteiger partial charge is 0.314 e. The van der Waals surface area contributed by atoms with Crippen LogP contribution in [-0.2, 0) is 14.3 Å². The quantitative estimate of drug-likeness (QED) is 0.556. The van der Waals surface area contributed by atoms with Gasteiger partial charge in [-0.1, -0.05) is 50.2 Å². The molecule has 1 saturated heterocycles. The standard InChI is InChI=1S/C6H6.C4H4O3.C2H6.CH5N/c1-2-4-6-5-3-1;5-3-1-2-4(6)7-3;2*1-2/h1-6H;1-2H2;1-2H3;2H2,1H3. The normalized spacial score (nSPS) is 11.8. The lowest BCUT2D eigenvalue weighted by Gasteiger charge is -1.79. The number of carbonyl (C=O) groups excluding carboxylic acids is 2. The van der Waals surface area contributed by atoms with Crippen LogP contribution >= 0.6 is 0 Å². The lowest BCUT2D eigenvalue weighted by Crippen LogP contribution is -1.94. The van der Waals surface area contributed by atoms with Gasteiger partial charge in [-0.15, -0.1) is 0 Å². The van der Waals surface area contributed by atoms with E-state index in [1.807, 2.05) is 50.2 Å². The summed E-state index contributed by atoms with van der Waals surface area (Å²) in [5.41, 5.74) is 4.50. The molecule has 0 amide bonds. The Morgan fingerprint density at radius 1 is 0.824 bits per heavy atom. The van der Waals surface area contributed by atoms with Gasteiger partial charge in [0.2, 0.25) is 0 Å². The molecule has 1 aliphatic heterocycles. The Balaban J connectivity index is 0. The second-order valence-corrected chi connectivity index (χ2v) is 2.50. The fraction of sp³-hybridized carbons (Fsp3) is 0.385. The first-order chi connectivity index (χ1) is 8.29. The zero-order valence-electron chi connectivity index (χ0n) is 10.7. The van der Waals surface area contributed by atoms with Crippen molar-refractivity contribution in [2.45, 2.75) is 26.7 Å². The van der Waals surface area contributed by atoms with Gasteiger partial charge >= 0.3 is 11.9 Å². The van der Waals surface area contributed by atoms with Crippen molar-refractivity contribution in [3.8, 4) is 0 Å². The molecule has 2 rings (SSSR count). The van der Waals surface area contributed by atoms with Crippen LogP contribution in [0.1, 0.15) is 26.7 Å². The maximum atomic E-state index is 10.0. The minimum atomic E-state index is -0.398. The summed E-state index contributed by atoms with van der Waals surface area (Å²) >= 11 is 0. The molecule has 1 aromatic carbocycles. The summed E-state index contributed by atoms with van der Waals surface area (Å²) in [5.74, 6) is -0.796. The summed E-state index contributed by atoms with van der Waals surface area (Å²) in [6.45, 7) is 4.00. The highest BCUT2D eigenvalue weighted by molar-refractivity contribution is 5.92. The van der Waals surface area contributed by atoms with Crippen LogP contribution < -0.4 is 5.73 Å². The summed E-state index contributed by atoms with van der Waals surface area (Å²) in [6, 6.07) is 12.0. The third-order valence-corrected chi connectivity index (χ3v) is 1.43. The average Bonchev–Trinajstić information content (AvgIpc) is 2.81. The SMILES string of the molecule is CC.CN.O=C1CCC(=O)O1.c1ccccc1. The van der Waals surface area contributed by atoms with E-state index in [-0.39, 0.29) is 12.8 Å². The van der Waals surface area contributed by atoms with Gasteiger partial charge in [0.25, 0.3) is 0 Å². The van der Waals surface area contributed by atoms with Crippen LogP contribution in [0, 0.1) is 0 Å². The first-order valence-corrected chi connectivity index (χ1v) is 5.60. The maximum absolute atomic E-state index is 10.0. The Morgan fingerprint density at radius 2 is 1.06 bits per heavy atom. The molecule has 4 nitrogen and oxygen atoms in total. The number of carbonyl (C=O) groups is 2. The molecule has 1 heterocycles. The molecule has 1 fully saturated rings. The van der Waals surface area contributed by atoms with E-state index in [4.69, 9.17) is 0 Å². The fourth-order valence-electron chi connectivity index (χ4n) is 0.818. The lowest BCUT2D eigenvalue weighted by molar-refractivity contribution is -0.151. The van der Waals surface area contributed by atoms with Gasteiger partial charge in [0.05, 0.1) is 12.8 Å². The Hall–Kier alpha value is -1.68. The number of benzene rings is 1. The largest absolute Gasteiger partial charge is 0.393 e. The molecular weight excluding hydrogens is 218 g/mol. The highest BCUT2D eigenvalue weighted by atomic mass is 16.6. The first-order valence-electron chi connectivity index (χ1n) is 5.60. The molecule has 0 saturated carbocycles. The van der Waals surface area contributed by atoms with Crippen molar-refractivity contribution >= 4 is 11.9 Å². The average molecular weight is 239 g/mol. The molecule has 0 spiro atoms. The van der Waals surface area contributed by atoms with Crippen LogP contribution in [-0.4, -0.2) is 19.0 Å². The van der Waals surface area contributed by atoms with Crippen LogP contribution in [0.5, 0.6) is 0 Å². The number of hydrogen-bond acceptors (Lipinski definition) is 4. The molecule has 0 unspecified atom stereocenters. The van der Waals surface area contributed by atoms with Crippen molar-refractivity contribution < 1.29 is 14.3 Å². The molecule has 0 bridgehead atoms. The molecule has 0 aromatic heterocycles. The minimum Gasteiger partial charge on any atom is -0.393 e. The maximum Gasteiger partial charge on any atom is 0.314 e. The van der Waals surface area contributed by atoms with Crippen LogP contribution in [0.4, 0.5) is 0 Å². The van der Waals surface area contributed by atoms with Crippen molar-refractivity contribution in [2.24, 2.45) is 5.73 Å². The third kappa shape index (κ3) is 12.3. The van der Waals surface area contributed by atoms with Crippen molar-refractivity contribution in [3.63, 3.8) is 0 Å². The van der Waals surface area contributed by atoms with E-state index < -0.39 is 11.9 Å². The van der Waals surface area contributed by atoms with Gasteiger partial charge < -0.3 is 10.5 Å². The summed E-state index contributed by atoms with van der Waals surface area (Å²) in [4.78, 5) is 20.0. The third-order valence-electron chi connectivity index (χ3n) is 1.43. The van der Waals surface area contributed by atoms with E-state index >= 15 is 0 Å². The zero-order valence-corrected chi connectivity index (χ0v) is 10.7. The van der Waals surface area contributed by atoms with Crippen LogP contribution in [0.15, 0.2) is 36.4 Å². The number of hydrogen-bond donors (Lipinski definition) is 1. The molecule has 0 aliphatic carbocycles. The molecular formula is C13H21NO3. The lowest BCUT2D eigenvalue weighted by atomic mass is 10.4. The van der Waals surface area contributed by atoms with E-state index in [2.05, 4.69) is 10.5 Å². The molecule has 4 heteroatoms. The minimum absolute atomic E-state index is 0.263. The van der Waals surface area contributed by atoms with Crippen LogP contribution in [0.3, 0.4) is 0 Å². The Kier molecular flexibility index (Phi) is 14.9. The summed E-state index contributed by atoms with van der Waals surface area (Å²) in [6.07, 6.45) is 0.525. The molecule has 17 heavy (non-hydrogen) atoms. The second kappa shape index (κ2) is 14.3. The van der Waals surface area contributed by atoms with E-state index in [1.165, 1.54) is 7.05 Å². The highest BCUT2D eigenvalue weighted by Crippen LogP contribution is 2.03. The fourth-order valence-corrected chi connectivity index (χ4v) is 0.818. The summed E-state index contributed by atoms with van der Waals surface area (Å²) < 4.78 is 4.08. The van der Waals surface area contributed by atoms with E-state index in [1.54, 1.807) is 0 Å².